The van der Waals surface area contributed by atoms with Gasteiger partial charge in [0.2, 0.25) is 5.95 Å². The first-order valence-electron chi connectivity index (χ1n) is 13.4. The van der Waals surface area contributed by atoms with E-state index in [-0.39, 0.29) is 46.6 Å². The monoisotopic (exact) mass is 662 g/mol. The minimum atomic E-state index is -4.97. The van der Waals surface area contributed by atoms with E-state index in [9.17, 15) is 44.7 Å². The molecule has 2 heterocycles. The van der Waals surface area contributed by atoms with Crippen LogP contribution in [0.3, 0.4) is 0 Å². The molecule has 0 bridgehead atoms. The quantitative estimate of drug-likeness (QED) is 0.290. The number of hydrogen-bond donors (Lipinski definition) is 2. The SMILES string of the molecule is CCS(=O)(=O)c1ccc([C@@H](CO)c2nc(N3C[C@H](Oc4ccc(C(F)(F)F)cc4)C[C@H]3COC(F)(F)F)ncc2C(N)=O)cc1. The Morgan fingerprint density at radius 3 is 2.27 bits per heavy atom. The van der Waals surface area contributed by atoms with Crippen LogP contribution in [-0.4, -0.2) is 73.4 Å². The summed E-state index contributed by atoms with van der Waals surface area (Å²) < 4.78 is 112. The van der Waals surface area contributed by atoms with Crippen molar-refractivity contribution in [1.82, 2.24) is 9.97 Å². The highest BCUT2D eigenvalue weighted by Gasteiger charge is 2.40. The van der Waals surface area contributed by atoms with Crippen LogP contribution in [0.2, 0.25) is 0 Å². The van der Waals surface area contributed by atoms with Gasteiger partial charge in [-0.2, -0.15) is 13.2 Å². The number of aliphatic hydroxyl groups is 1. The van der Waals surface area contributed by atoms with Crippen molar-refractivity contribution in [1.29, 1.82) is 0 Å². The van der Waals surface area contributed by atoms with E-state index in [1.807, 2.05) is 0 Å². The molecule has 1 amide bonds. The molecule has 10 nitrogen and oxygen atoms in total. The van der Waals surface area contributed by atoms with Crippen molar-refractivity contribution in [3.63, 3.8) is 0 Å². The second-order valence-corrected chi connectivity index (χ2v) is 12.4. The highest BCUT2D eigenvalue weighted by Crippen LogP contribution is 2.34. The molecule has 1 aromatic heterocycles. The lowest BCUT2D eigenvalue weighted by atomic mass is 9.93. The summed E-state index contributed by atoms with van der Waals surface area (Å²) in [5.74, 6) is -2.23. The molecule has 1 aliphatic rings. The average Bonchev–Trinajstić information content (AvgIpc) is 3.38. The standard InChI is InChI=1S/C28H28F6N4O6S/c1-2-45(41,42)21-9-3-16(4-10-21)23(14-39)24-22(25(35)40)12-36-26(37-24)38-13-20(11-18(38)15-43-28(32,33)34)44-19-7-5-17(6-8-19)27(29,30)31/h3-10,12,18,20,23,39H,2,11,13-15H2,1H3,(H2,35,40)/t18-,20+,23+/m0/s1. The molecule has 0 radical (unpaired) electrons. The zero-order chi connectivity index (χ0) is 33.2. The van der Waals surface area contributed by atoms with E-state index in [2.05, 4.69) is 14.7 Å². The molecule has 1 aliphatic heterocycles. The maximum Gasteiger partial charge on any atom is 0.522 e. The number of carbonyl (C=O) groups is 1. The van der Waals surface area contributed by atoms with Gasteiger partial charge in [0, 0.05) is 12.6 Å². The zero-order valence-electron chi connectivity index (χ0n) is 23.5. The van der Waals surface area contributed by atoms with E-state index >= 15 is 0 Å². The lowest BCUT2D eigenvalue weighted by Crippen LogP contribution is -2.37. The van der Waals surface area contributed by atoms with Crippen LogP contribution in [0.25, 0.3) is 0 Å². The molecule has 45 heavy (non-hydrogen) atoms. The molecule has 0 unspecified atom stereocenters. The number of nitrogens with two attached hydrogens (primary N) is 1. The number of aromatic nitrogens is 2. The first kappa shape index (κ1) is 33.9. The van der Waals surface area contributed by atoms with Crippen LogP contribution in [0, 0.1) is 0 Å². The van der Waals surface area contributed by atoms with Crippen molar-refractivity contribution in [2.45, 2.75) is 48.8 Å². The summed E-state index contributed by atoms with van der Waals surface area (Å²) in [6.45, 7) is -0.123. The number of primary amides is 1. The number of halogens is 6. The summed E-state index contributed by atoms with van der Waals surface area (Å²) in [6.07, 6.45) is -9.38. The topological polar surface area (TPSA) is 145 Å². The number of benzene rings is 2. The molecule has 3 aromatic rings. The van der Waals surface area contributed by atoms with Crippen LogP contribution in [0.15, 0.2) is 59.6 Å². The van der Waals surface area contributed by atoms with Crippen molar-refractivity contribution >= 4 is 21.7 Å². The van der Waals surface area contributed by atoms with Crippen LogP contribution in [0.1, 0.15) is 46.4 Å². The summed E-state index contributed by atoms with van der Waals surface area (Å²) in [4.78, 5) is 22.2. The van der Waals surface area contributed by atoms with Crippen LogP contribution < -0.4 is 15.4 Å². The van der Waals surface area contributed by atoms with Crippen LogP contribution in [0.4, 0.5) is 32.3 Å². The van der Waals surface area contributed by atoms with Gasteiger partial charge in [0.15, 0.2) is 9.84 Å². The summed E-state index contributed by atoms with van der Waals surface area (Å²) >= 11 is 0. The van der Waals surface area contributed by atoms with Gasteiger partial charge in [-0.3, -0.25) is 9.53 Å². The highest BCUT2D eigenvalue weighted by molar-refractivity contribution is 7.91. The Bertz CT molecular complexity index is 1600. The van der Waals surface area contributed by atoms with Crippen molar-refractivity contribution in [3.8, 4) is 5.75 Å². The maximum atomic E-state index is 13.0. The molecular formula is C28H28F6N4O6S. The second-order valence-electron chi connectivity index (χ2n) is 10.1. The Labute approximate surface area is 253 Å². The van der Waals surface area contributed by atoms with E-state index in [1.54, 1.807) is 0 Å². The molecule has 4 rings (SSSR count). The number of sulfone groups is 1. The number of hydrogen-bond acceptors (Lipinski definition) is 9. The van der Waals surface area contributed by atoms with Crippen LogP contribution >= 0.6 is 0 Å². The van der Waals surface area contributed by atoms with Gasteiger partial charge >= 0.3 is 12.5 Å². The molecule has 3 atom stereocenters. The lowest BCUT2D eigenvalue weighted by Gasteiger charge is -2.26. The van der Waals surface area contributed by atoms with E-state index in [0.717, 1.165) is 30.5 Å². The molecule has 244 valence electrons. The zero-order valence-corrected chi connectivity index (χ0v) is 24.4. The van der Waals surface area contributed by atoms with Crippen LogP contribution in [-0.2, 0) is 20.8 Å². The van der Waals surface area contributed by atoms with Crippen LogP contribution in [0.5, 0.6) is 5.75 Å². The highest BCUT2D eigenvalue weighted by atomic mass is 32.2. The van der Waals surface area contributed by atoms with Gasteiger partial charge in [-0.25, -0.2) is 18.4 Å². The van der Waals surface area contributed by atoms with E-state index in [1.165, 1.54) is 36.1 Å². The predicted octanol–water partition coefficient (Wildman–Crippen LogP) is 4.07. The number of anilines is 1. The number of ether oxygens (including phenoxy) is 2. The fourth-order valence-corrected chi connectivity index (χ4v) is 5.75. The Kier molecular flexibility index (Phi) is 9.94. The third-order valence-electron chi connectivity index (χ3n) is 7.16. The van der Waals surface area contributed by atoms with Gasteiger partial charge < -0.3 is 20.5 Å². The third kappa shape index (κ3) is 8.20. The van der Waals surface area contributed by atoms with Gasteiger partial charge in [0.25, 0.3) is 5.91 Å². The van der Waals surface area contributed by atoms with Gasteiger partial charge in [-0.1, -0.05) is 19.1 Å². The Morgan fingerprint density at radius 2 is 1.73 bits per heavy atom. The largest absolute Gasteiger partial charge is 0.522 e. The molecule has 0 spiro atoms. The van der Waals surface area contributed by atoms with Crippen molar-refractivity contribution in [2.24, 2.45) is 5.73 Å². The average molecular weight is 663 g/mol. The number of amides is 1. The molecule has 17 heteroatoms. The Morgan fingerprint density at radius 1 is 1.09 bits per heavy atom. The number of nitrogens with zero attached hydrogens (tertiary/aromatic N) is 3. The third-order valence-corrected chi connectivity index (χ3v) is 8.91. The molecule has 0 aliphatic carbocycles. The predicted molar refractivity (Wildman–Crippen MR) is 147 cm³/mol. The number of alkyl halides is 6. The van der Waals surface area contributed by atoms with Crippen molar-refractivity contribution < 1.29 is 54.1 Å². The summed E-state index contributed by atoms with van der Waals surface area (Å²) in [5.41, 5.74) is 4.72. The first-order chi connectivity index (χ1) is 21.0. The van der Waals surface area contributed by atoms with E-state index in [4.69, 9.17) is 10.5 Å². The first-order valence-corrected chi connectivity index (χ1v) is 15.1. The van der Waals surface area contributed by atoms with Gasteiger partial charge in [-0.05, 0) is 42.0 Å². The van der Waals surface area contributed by atoms with Gasteiger partial charge in [0.05, 0.1) is 59.2 Å². The minimum Gasteiger partial charge on any atom is -0.489 e. The number of carbonyl (C=O) groups excluding carboxylic acids is 1. The molecular weight excluding hydrogens is 634 g/mol. The minimum absolute atomic E-state index is 0.0348. The smallest absolute Gasteiger partial charge is 0.489 e. The number of aliphatic hydroxyl groups excluding tert-OH is 1. The molecule has 2 aromatic carbocycles. The normalized spacial score (nSPS) is 18.2. The summed E-state index contributed by atoms with van der Waals surface area (Å²) in [5, 5.41) is 10.3. The summed E-state index contributed by atoms with van der Waals surface area (Å²) in [7, 11) is -3.53. The van der Waals surface area contributed by atoms with Crippen molar-refractivity contribution in [2.75, 3.05) is 30.4 Å². The lowest BCUT2D eigenvalue weighted by molar-refractivity contribution is -0.325. The Hall–Kier alpha value is -3.96. The van der Waals surface area contributed by atoms with E-state index in [0.29, 0.717) is 5.56 Å². The molecule has 0 saturated carbocycles. The fourth-order valence-electron chi connectivity index (χ4n) is 4.87. The maximum absolute atomic E-state index is 13.0. The number of rotatable bonds is 11. The second kappa shape index (κ2) is 13.2. The molecule has 3 N–H and O–H groups in total. The van der Waals surface area contributed by atoms with E-state index < -0.39 is 65.1 Å². The fraction of sp³-hybridized carbons (Fsp3) is 0.393. The summed E-state index contributed by atoms with van der Waals surface area (Å²) in [6, 6.07) is 8.29. The van der Waals surface area contributed by atoms with Gasteiger partial charge in [0.1, 0.15) is 11.9 Å². The molecule has 1 fully saturated rings. The van der Waals surface area contributed by atoms with Gasteiger partial charge in [-0.15, -0.1) is 13.2 Å². The molecule has 1 saturated heterocycles. The van der Waals surface area contributed by atoms with Crippen molar-refractivity contribution in [3.05, 3.63) is 77.1 Å². The Balaban J connectivity index is 1.67.